The number of anilines is 1. The van der Waals surface area contributed by atoms with Crippen LogP contribution in [0, 0.1) is 0 Å². The summed E-state index contributed by atoms with van der Waals surface area (Å²) in [7, 11) is 0. The van der Waals surface area contributed by atoms with Gasteiger partial charge in [-0.05, 0) is 25.3 Å². The predicted octanol–water partition coefficient (Wildman–Crippen LogP) is 2.23. The number of hydrogen-bond donors (Lipinski definition) is 1. The molecule has 0 aromatic carbocycles. The number of fused-ring (bicyclic) bond motifs is 1. The molecule has 1 saturated carbocycles. The topological polar surface area (TPSA) is 68.1 Å². The van der Waals surface area contributed by atoms with Crippen LogP contribution >= 0.6 is 0 Å². The molecule has 1 saturated heterocycles. The van der Waals surface area contributed by atoms with Gasteiger partial charge in [-0.3, -0.25) is 4.68 Å². The summed E-state index contributed by atoms with van der Waals surface area (Å²) in [4.78, 5) is 12.5. The van der Waals surface area contributed by atoms with Gasteiger partial charge in [-0.2, -0.15) is 5.10 Å². The zero-order valence-corrected chi connectivity index (χ0v) is 15.8. The molecule has 1 unspecified atom stereocenters. The van der Waals surface area contributed by atoms with Crippen LogP contribution in [0.4, 0.5) is 5.82 Å². The first-order chi connectivity index (χ1) is 13.4. The molecule has 4 heterocycles. The number of aromatic nitrogens is 4. The number of nitrogens with zero attached hydrogens (tertiary/aromatic N) is 5. The van der Waals surface area contributed by atoms with E-state index in [9.17, 15) is 0 Å². The highest BCUT2D eigenvalue weighted by Crippen LogP contribution is 2.35. The Hall–Kier alpha value is -1.99. The van der Waals surface area contributed by atoms with Gasteiger partial charge in [0.15, 0.2) is 0 Å². The molecule has 5 rings (SSSR count). The standard InChI is InChI=1S/C20H28N6O/c1-2-6-15(5-1)19-23-18-12-21-11-17(18)20(24-19)25-8-4-10-27-16(13-25)14-26-9-3-7-22-26/h3,7,9,15-16,21H,1-2,4-6,8,10-14H2. The maximum atomic E-state index is 6.12. The van der Waals surface area contributed by atoms with Crippen LogP contribution in [-0.2, 0) is 24.4 Å². The summed E-state index contributed by atoms with van der Waals surface area (Å²) >= 11 is 0. The Morgan fingerprint density at radius 1 is 1.15 bits per heavy atom. The van der Waals surface area contributed by atoms with E-state index in [-0.39, 0.29) is 6.10 Å². The molecule has 1 N–H and O–H groups in total. The van der Waals surface area contributed by atoms with Gasteiger partial charge in [0, 0.05) is 56.7 Å². The third-order valence-corrected chi connectivity index (χ3v) is 6.00. The lowest BCUT2D eigenvalue weighted by Gasteiger charge is -2.27. The van der Waals surface area contributed by atoms with Gasteiger partial charge in [0.1, 0.15) is 11.6 Å². The molecule has 0 amide bonds. The Labute approximate surface area is 160 Å². The van der Waals surface area contributed by atoms with Crippen molar-refractivity contribution in [3.05, 3.63) is 35.5 Å². The van der Waals surface area contributed by atoms with Crippen LogP contribution in [0.1, 0.15) is 55.1 Å². The van der Waals surface area contributed by atoms with Crippen LogP contribution in [0.2, 0.25) is 0 Å². The molecule has 0 bridgehead atoms. The van der Waals surface area contributed by atoms with Gasteiger partial charge in [-0.15, -0.1) is 0 Å². The van der Waals surface area contributed by atoms with E-state index in [0.29, 0.717) is 5.92 Å². The molecule has 0 spiro atoms. The fourth-order valence-electron chi connectivity index (χ4n) is 4.61. The van der Waals surface area contributed by atoms with Crippen LogP contribution in [0.15, 0.2) is 18.5 Å². The largest absolute Gasteiger partial charge is 0.374 e. The van der Waals surface area contributed by atoms with Crippen LogP contribution in [0.3, 0.4) is 0 Å². The lowest BCUT2D eigenvalue weighted by atomic mass is 10.1. The van der Waals surface area contributed by atoms with E-state index in [4.69, 9.17) is 14.7 Å². The zero-order valence-electron chi connectivity index (χ0n) is 15.8. The van der Waals surface area contributed by atoms with E-state index in [1.54, 1.807) is 0 Å². The summed E-state index contributed by atoms with van der Waals surface area (Å²) < 4.78 is 8.08. The first kappa shape index (κ1) is 17.1. The van der Waals surface area contributed by atoms with Gasteiger partial charge in [-0.25, -0.2) is 9.97 Å². The third kappa shape index (κ3) is 3.58. The Balaban J connectivity index is 1.43. The monoisotopic (exact) mass is 368 g/mol. The van der Waals surface area contributed by atoms with Crippen molar-refractivity contribution < 1.29 is 4.74 Å². The second-order valence-electron chi connectivity index (χ2n) is 7.94. The molecule has 2 fully saturated rings. The minimum atomic E-state index is 0.127. The molecule has 1 aliphatic carbocycles. The van der Waals surface area contributed by atoms with Crippen molar-refractivity contribution in [1.82, 2.24) is 25.1 Å². The van der Waals surface area contributed by atoms with Crippen molar-refractivity contribution in [2.45, 2.75) is 63.8 Å². The normalized spacial score (nSPS) is 23.6. The molecule has 144 valence electrons. The predicted molar refractivity (Wildman–Crippen MR) is 103 cm³/mol. The molecular weight excluding hydrogens is 340 g/mol. The first-order valence-corrected chi connectivity index (χ1v) is 10.3. The van der Waals surface area contributed by atoms with Gasteiger partial charge in [0.05, 0.1) is 18.3 Å². The molecule has 7 heteroatoms. The van der Waals surface area contributed by atoms with E-state index in [0.717, 1.165) is 57.4 Å². The lowest BCUT2D eigenvalue weighted by Crippen LogP contribution is -2.36. The second kappa shape index (κ2) is 7.56. The summed E-state index contributed by atoms with van der Waals surface area (Å²) in [6.45, 7) is 5.16. The molecule has 7 nitrogen and oxygen atoms in total. The Morgan fingerprint density at radius 3 is 2.93 bits per heavy atom. The van der Waals surface area contributed by atoms with E-state index in [2.05, 4.69) is 15.3 Å². The van der Waals surface area contributed by atoms with Crippen molar-refractivity contribution in [1.29, 1.82) is 0 Å². The fraction of sp³-hybridized carbons (Fsp3) is 0.650. The Bertz CT molecular complexity index is 771. The second-order valence-corrected chi connectivity index (χ2v) is 7.94. The molecule has 2 aromatic rings. The van der Waals surface area contributed by atoms with Crippen molar-refractivity contribution in [2.75, 3.05) is 24.6 Å². The molecule has 3 aliphatic rings. The smallest absolute Gasteiger partial charge is 0.137 e. The van der Waals surface area contributed by atoms with Crippen LogP contribution in [0.25, 0.3) is 0 Å². The number of hydrogen-bond acceptors (Lipinski definition) is 6. The van der Waals surface area contributed by atoms with Crippen molar-refractivity contribution in [3.63, 3.8) is 0 Å². The summed E-state index contributed by atoms with van der Waals surface area (Å²) in [5.41, 5.74) is 2.49. The van der Waals surface area contributed by atoms with Crippen molar-refractivity contribution >= 4 is 5.82 Å². The highest BCUT2D eigenvalue weighted by atomic mass is 16.5. The van der Waals surface area contributed by atoms with Crippen LogP contribution < -0.4 is 10.2 Å². The fourth-order valence-corrected chi connectivity index (χ4v) is 4.61. The van der Waals surface area contributed by atoms with Crippen LogP contribution in [-0.4, -0.2) is 45.5 Å². The van der Waals surface area contributed by atoms with Gasteiger partial charge in [0.25, 0.3) is 0 Å². The molecule has 0 radical (unpaired) electrons. The SMILES string of the molecule is c1cnn(CC2CN(c3nc(C4CCCC4)nc4c3CNC4)CCCO2)c1. The average Bonchev–Trinajstić information content (AvgIpc) is 3.42. The number of nitrogens with one attached hydrogen (secondary N) is 1. The molecule has 27 heavy (non-hydrogen) atoms. The maximum absolute atomic E-state index is 6.12. The van der Waals surface area contributed by atoms with Crippen LogP contribution in [0.5, 0.6) is 0 Å². The van der Waals surface area contributed by atoms with Gasteiger partial charge in [0.2, 0.25) is 0 Å². The molecule has 2 aliphatic heterocycles. The summed E-state index contributed by atoms with van der Waals surface area (Å²) in [6, 6.07) is 1.96. The van der Waals surface area contributed by atoms with Crippen molar-refractivity contribution in [3.8, 4) is 0 Å². The van der Waals surface area contributed by atoms with Gasteiger partial charge >= 0.3 is 0 Å². The number of rotatable bonds is 4. The molecule has 1 atom stereocenters. The van der Waals surface area contributed by atoms with E-state index in [1.807, 2.05) is 23.1 Å². The first-order valence-electron chi connectivity index (χ1n) is 10.3. The van der Waals surface area contributed by atoms with E-state index >= 15 is 0 Å². The van der Waals surface area contributed by atoms with Gasteiger partial charge < -0.3 is 15.0 Å². The molecular formula is C20H28N6O. The number of ether oxygens (including phenoxy) is 1. The minimum absolute atomic E-state index is 0.127. The summed E-state index contributed by atoms with van der Waals surface area (Å²) in [5, 5.41) is 7.82. The highest BCUT2D eigenvalue weighted by Gasteiger charge is 2.29. The molecule has 2 aromatic heterocycles. The third-order valence-electron chi connectivity index (χ3n) is 6.00. The van der Waals surface area contributed by atoms with E-state index in [1.165, 1.54) is 36.9 Å². The van der Waals surface area contributed by atoms with Crippen molar-refractivity contribution in [2.24, 2.45) is 0 Å². The highest BCUT2D eigenvalue weighted by molar-refractivity contribution is 5.51. The summed E-state index contributed by atoms with van der Waals surface area (Å²) in [6.07, 6.45) is 10.1. The lowest BCUT2D eigenvalue weighted by molar-refractivity contribution is 0.0543. The van der Waals surface area contributed by atoms with Gasteiger partial charge in [-0.1, -0.05) is 12.8 Å². The quantitative estimate of drug-likeness (QED) is 0.893. The minimum Gasteiger partial charge on any atom is -0.374 e. The Morgan fingerprint density at radius 2 is 2.07 bits per heavy atom. The Kier molecular flexibility index (Phi) is 4.80. The maximum Gasteiger partial charge on any atom is 0.137 e. The average molecular weight is 368 g/mol. The van der Waals surface area contributed by atoms with E-state index < -0.39 is 0 Å². The zero-order chi connectivity index (χ0) is 18.1. The summed E-state index contributed by atoms with van der Waals surface area (Å²) in [5.74, 6) is 2.75.